The van der Waals surface area contributed by atoms with E-state index in [1.165, 1.54) is 0 Å². The van der Waals surface area contributed by atoms with Gasteiger partial charge < -0.3 is 0 Å². The van der Waals surface area contributed by atoms with Crippen LogP contribution in [0.1, 0.15) is 26.7 Å². The molecule has 11 heavy (non-hydrogen) atoms. The first-order valence-corrected chi connectivity index (χ1v) is 3.45. The molecule has 0 radical (unpaired) electrons. The number of carbonyl (C=O) groups excluding carboxylic acids is 2. The Kier molecular flexibility index (Phi) is 4.02. The van der Waals surface area contributed by atoms with Crippen LogP contribution in [0.25, 0.3) is 0 Å². The molecule has 5 heteroatoms. The lowest BCUT2D eigenvalue weighted by atomic mass is 10.4. The lowest BCUT2D eigenvalue weighted by Crippen LogP contribution is -2.21. The summed E-state index contributed by atoms with van der Waals surface area (Å²) in [6, 6.07) is 0. The molecule has 2 amide bonds. The van der Waals surface area contributed by atoms with E-state index in [0.29, 0.717) is 5.01 Å². The molecule has 0 saturated carbocycles. The van der Waals surface area contributed by atoms with Crippen molar-refractivity contribution in [3.8, 4) is 0 Å². The fourth-order valence-electron chi connectivity index (χ4n) is 0.656. The van der Waals surface area contributed by atoms with E-state index in [9.17, 15) is 14.5 Å². The minimum absolute atomic E-state index is 0.116. The highest BCUT2D eigenvalue weighted by molar-refractivity contribution is 6.01. The SMILES string of the molecule is CC.O=NN1C(=O)CCC1=O. The van der Waals surface area contributed by atoms with Crippen molar-refractivity contribution in [1.29, 1.82) is 0 Å². The van der Waals surface area contributed by atoms with Gasteiger partial charge in [0.1, 0.15) is 0 Å². The quantitative estimate of drug-likeness (QED) is 0.419. The molecule has 0 spiro atoms. The molecule has 0 N–H and O–H groups in total. The third-order valence-corrected chi connectivity index (χ3v) is 1.11. The Hall–Kier alpha value is -1.26. The van der Waals surface area contributed by atoms with Crippen molar-refractivity contribution in [2.24, 2.45) is 5.29 Å². The van der Waals surface area contributed by atoms with E-state index in [-0.39, 0.29) is 12.8 Å². The zero-order valence-corrected chi connectivity index (χ0v) is 6.53. The van der Waals surface area contributed by atoms with Crippen molar-refractivity contribution in [3.63, 3.8) is 0 Å². The lowest BCUT2D eigenvalue weighted by molar-refractivity contribution is -0.138. The number of nitrogens with zero attached hydrogens (tertiary/aromatic N) is 2. The highest BCUT2D eigenvalue weighted by Gasteiger charge is 2.29. The highest BCUT2D eigenvalue weighted by atomic mass is 16.3. The van der Waals surface area contributed by atoms with Gasteiger partial charge in [-0.2, -0.15) is 0 Å². The first kappa shape index (κ1) is 9.74. The third kappa shape index (κ3) is 2.10. The van der Waals surface area contributed by atoms with Crippen LogP contribution in [0.15, 0.2) is 5.29 Å². The van der Waals surface area contributed by atoms with Gasteiger partial charge in [0.05, 0.1) is 5.29 Å². The minimum Gasteiger partial charge on any atom is -0.272 e. The Morgan fingerprint density at radius 1 is 1.18 bits per heavy atom. The summed E-state index contributed by atoms with van der Waals surface area (Å²) in [5.74, 6) is -1.01. The van der Waals surface area contributed by atoms with Crippen molar-refractivity contribution in [1.82, 2.24) is 5.01 Å². The standard InChI is InChI=1S/C4H4N2O3.C2H6/c7-3-1-2-4(8)6(3)5-9;1-2/h1-2H2;1-2H3. The van der Waals surface area contributed by atoms with Gasteiger partial charge in [0.15, 0.2) is 0 Å². The van der Waals surface area contributed by atoms with E-state index in [1.54, 1.807) is 0 Å². The number of hydrogen-bond donors (Lipinski definition) is 0. The van der Waals surface area contributed by atoms with Crippen LogP contribution >= 0.6 is 0 Å². The summed E-state index contributed by atoms with van der Waals surface area (Å²) in [5.41, 5.74) is 0. The molecule has 0 atom stereocenters. The molecule has 0 aromatic carbocycles. The number of rotatable bonds is 1. The van der Waals surface area contributed by atoms with Crippen LogP contribution in [0.3, 0.4) is 0 Å². The summed E-state index contributed by atoms with van der Waals surface area (Å²) in [6.45, 7) is 4.00. The normalized spacial score (nSPS) is 16.0. The number of imide groups is 1. The zero-order valence-electron chi connectivity index (χ0n) is 6.53. The highest BCUT2D eigenvalue weighted by Crippen LogP contribution is 2.10. The average molecular weight is 158 g/mol. The maximum Gasteiger partial charge on any atom is 0.253 e. The number of amides is 2. The molecule has 1 rings (SSSR count). The molecule has 0 aromatic rings. The van der Waals surface area contributed by atoms with Crippen molar-refractivity contribution >= 4 is 11.8 Å². The predicted molar refractivity (Wildman–Crippen MR) is 38.2 cm³/mol. The van der Waals surface area contributed by atoms with Crippen LogP contribution in [0.5, 0.6) is 0 Å². The summed E-state index contributed by atoms with van der Waals surface area (Å²) >= 11 is 0. The molecular formula is C6H10N2O3. The van der Waals surface area contributed by atoms with Gasteiger partial charge in [-0.25, -0.2) is 0 Å². The average Bonchev–Trinajstić information content (AvgIpc) is 2.35. The minimum atomic E-state index is -0.505. The number of nitroso groups, excluding NO2 is 1. The van der Waals surface area contributed by atoms with Crippen molar-refractivity contribution < 1.29 is 9.59 Å². The Labute approximate surface area is 64.3 Å². The molecule has 5 nitrogen and oxygen atoms in total. The van der Waals surface area contributed by atoms with Crippen LogP contribution in [0.4, 0.5) is 0 Å². The van der Waals surface area contributed by atoms with Crippen molar-refractivity contribution in [2.45, 2.75) is 26.7 Å². The molecule has 1 saturated heterocycles. The number of carbonyl (C=O) groups is 2. The monoisotopic (exact) mass is 158 g/mol. The van der Waals surface area contributed by atoms with E-state index >= 15 is 0 Å². The van der Waals surface area contributed by atoms with Crippen LogP contribution < -0.4 is 0 Å². The van der Waals surface area contributed by atoms with Gasteiger partial charge in [0.2, 0.25) is 0 Å². The topological polar surface area (TPSA) is 66.8 Å². The van der Waals surface area contributed by atoms with Gasteiger partial charge in [-0.05, 0) is 0 Å². The van der Waals surface area contributed by atoms with Gasteiger partial charge in [-0.3, -0.25) is 9.59 Å². The fourth-order valence-corrected chi connectivity index (χ4v) is 0.656. The molecule has 1 aliphatic heterocycles. The predicted octanol–water partition coefficient (Wildman–Crippen LogP) is 0.843. The van der Waals surface area contributed by atoms with Crippen LogP contribution in [0, 0.1) is 4.91 Å². The van der Waals surface area contributed by atoms with Crippen LogP contribution in [-0.4, -0.2) is 16.8 Å². The lowest BCUT2D eigenvalue weighted by Gasteiger charge is -1.96. The summed E-state index contributed by atoms with van der Waals surface area (Å²) in [7, 11) is 0. The molecule has 0 unspecified atom stereocenters. The Morgan fingerprint density at radius 2 is 1.55 bits per heavy atom. The Balaban J connectivity index is 0.000000461. The van der Waals surface area contributed by atoms with Crippen molar-refractivity contribution in [3.05, 3.63) is 4.91 Å². The third-order valence-electron chi connectivity index (χ3n) is 1.11. The number of hydrogen-bond acceptors (Lipinski definition) is 4. The Morgan fingerprint density at radius 3 is 1.73 bits per heavy atom. The molecule has 1 aliphatic rings. The zero-order chi connectivity index (χ0) is 8.85. The largest absolute Gasteiger partial charge is 0.272 e. The van der Waals surface area contributed by atoms with Gasteiger partial charge in [0, 0.05) is 12.8 Å². The van der Waals surface area contributed by atoms with Gasteiger partial charge in [0.25, 0.3) is 11.8 Å². The van der Waals surface area contributed by atoms with E-state index in [0.717, 1.165) is 0 Å². The molecule has 0 aliphatic carbocycles. The van der Waals surface area contributed by atoms with E-state index in [1.807, 2.05) is 13.8 Å². The first-order valence-electron chi connectivity index (χ1n) is 3.45. The molecule has 1 fully saturated rings. The maximum atomic E-state index is 10.4. The van der Waals surface area contributed by atoms with Gasteiger partial charge in [-0.1, -0.05) is 13.8 Å². The summed E-state index contributed by atoms with van der Waals surface area (Å²) in [5, 5.41) is 2.59. The van der Waals surface area contributed by atoms with Crippen LogP contribution in [-0.2, 0) is 9.59 Å². The summed E-state index contributed by atoms with van der Waals surface area (Å²) in [4.78, 5) is 30.5. The maximum absolute atomic E-state index is 10.4. The Bertz CT molecular complexity index is 163. The van der Waals surface area contributed by atoms with Gasteiger partial charge in [-0.15, -0.1) is 9.92 Å². The summed E-state index contributed by atoms with van der Waals surface area (Å²) in [6.07, 6.45) is 0.231. The van der Waals surface area contributed by atoms with E-state index < -0.39 is 11.8 Å². The van der Waals surface area contributed by atoms with Crippen molar-refractivity contribution in [2.75, 3.05) is 0 Å². The van der Waals surface area contributed by atoms with E-state index in [4.69, 9.17) is 0 Å². The summed E-state index contributed by atoms with van der Waals surface area (Å²) < 4.78 is 0. The second-order valence-electron chi connectivity index (χ2n) is 1.68. The van der Waals surface area contributed by atoms with Gasteiger partial charge >= 0.3 is 0 Å². The molecule has 1 heterocycles. The molecular weight excluding hydrogens is 148 g/mol. The smallest absolute Gasteiger partial charge is 0.253 e. The fraction of sp³-hybridized carbons (Fsp3) is 0.667. The second kappa shape index (κ2) is 4.54. The van der Waals surface area contributed by atoms with Crippen LogP contribution in [0.2, 0.25) is 0 Å². The molecule has 0 bridgehead atoms. The van der Waals surface area contributed by atoms with E-state index in [2.05, 4.69) is 5.29 Å². The first-order chi connectivity index (χ1) is 5.25. The molecule has 0 aromatic heterocycles. The molecule has 62 valence electrons. The second-order valence-corrected chi connectivity index (χ2v) is 1.68.